The van der Waals surface area contributed by atoms with Crippen LogP contribution in [-0.2, 0) is 15.7 Å². The van der Waals surface area contributed by atoms with Crippen LogP contribution < -0.4 is 4.89 Å². The van der Waals surface area contributed by atoms with Crippen molar-refractivity contribution in [2.45, 2.75) is 0 Å². The number of aromatic nitrogens is 1. The lowest BCUT2D eigenvalue weighted by atomic mass is 10.3. The second kappa shape index (κ2) is 4.53. The van der Waals surface area contributed by atoms with Crippen LogP contribution in [0.15, 0.2) is 24.5 Å². The van der Waals surface area contributed by atoms with E-state index in [4.69, 9.17) is 0 Å². The molecule has 1 aromatic heterocycles. The lowest BCUT2D eigenvalue weighted by Crippen LogP contribution is -2.18. The third-order valence-electron chi connectivity index (χ3n) is 1.11. The molecule has 0 aliphatic rings. The number of hydrogen-bond acceptors (Lipinski definition) is 5. The van der Waals surface area contributed by atoms with Crippen molar-refractivity contribution in [3.05, 3.63) is 30.1 Å². The van der Waals surface area contributed by atoms with Gasteiger partial charge in [0.1, 0.15) is 0 Å². The van der Waals surface area contributed by atoms with E-state index in [0.29, 0.717) is 0 Å². The Balaban J connectivity index is 2.59. The molecule has 6 nitrogen and oxygen atoms in total. The summed E-state index contributed by atoms with van der Waals surface area (Å²) in [5, 5.41) is 0. The fraction of sp³-hybridized carbons (Fsp3) is 0. The molecule has 13 heavy (non-hydrogen) atoms. The minimum Gasteiger partial charge on any atom is -0.352 e. The maximum atomic E-state index is 11.0. The predicted molar refractivity (Wildman–Crippen MR) is 43.1 cm³/mol. The van der Waals surface area contributed by atoms with Gasteiger partial charge in [0.25, 0.3) is 0 Å². The number of nitrogens with one attached hydrogen (secondary N) is 1. The van der Waals surface area contributed by atoms with Gasteiger partial charge in [0.2, 0.25) is 10.9 Å². The van der Waals surface area contributed by atoms with Crippen molar-refractivity contribution < 1.29 is 18.0 Å². The molecular formula is C6H6N2O4S. The average Bonchev–Trinajstić information content (AvgIpc) is 2.15. The van der Waals surface area contributed by atoms with E-state index in [9.17, 15) is 13.2 Å². The maximum Gasteiger partial charge on any atom is 0.359 e. The number of carbonyl (C=O) groups excluding carboxylic acids is 1. The summed E-state index contributed by atoms with van der Waals surface area (Å²) in [6, 6.07) is 2.99. The van der Waals surface area contributed by atoms with E-state index in [1.807, 2.05) is 0 Å². The molecule has 0 atom stereocenters. The average molecular weight is 202 g/mol. The number of rotatable bonds is 3. The van der Waals surface area contributed by atoms with Gasteiger partial charge in [0.15, 0.2) is 0 Å². The highest BCUT2D eigenvalue weighted by Crippen LogP contribution is 1.96. The van der Waals surface area contributed by atoms with Crippen LogP contribution in [0.2, 0.25) is 0 Å². The fourth-order valence-corrected chi connectivity index (χ4v) is 0.779. The number of thiol groups is 1. The van der Waals surface area contributed by atoms with E-state index in [1.165, 1.54) is 29.4 Å². The quantitative estimate of drug-likeness (QED) is 0.498. The molecule has 70 valence electrons. The third kappa shape index (κ3) is 3.18. The molecule has 0 amide bonds. The Hall–Kier alpha value is -1.47. The van der Waals surface area contributed by atoms with Crippen LogP contribution in [0, 0.1) is 0 Å². The van der Waals surface area contributed by atoms with Crippen LogP contribution in [-0.4, -0.2) is 19.4 Å². The lowest BCUT2D eigenvalue weighted by molar-refractivity contribution is 0.0413. The zero-order valence-corrected chi connectivity index (χ0v) is 7.23. The van der Waals surface area contributed by atoms with Crippen LogP contribution in [0.1, 0.15) is 10.4 Å². The molecular weight excluding hydrogens is 196 g/mol. The Labute approximate surface area is 75.6 Å². The maximum absolute atomic E-state index is 11.0. The summed E-state index contributed by atoms with van der Waals surface area (Å²) >= 11 is 0. The lowest BCUT2D eigenvalue weighted by Gasteiger charge is -1.98. The molecule has 1 aromatic rings. The minimum atomic E-state index is -2.94. The summed E-state index contributed by atoms with van der Waals surface area (Å²) in [4.78, 5) is 20.3. The molecule has 0 unspecified atom stereocenters. The second-order valence-electron chi connectivity index (χ2n) is 1.98. The largest absolute Gasteiger partial charge is 0.359 e. The van der Waals surface area contributed by atoms with Crippen molar-refractivity contribution in [3.63, 3.8) is 0 Å². The first-order chi connectivity index (χ1) is 6.20. The second-order valence-corrected chi connectivity index (χ2v) is 2.68. The first kappa shape index (κ1) is 9.62. The summed E-state index contributed by atoms with van der Waals surface area (Å²) in [5.74, 6) is -0.799. The summed E-state index contributed by atoms with van der Waals surface area (Å²) in [7, 11) is -2.94. The summed E-state index contributed by atoms with van der Waals surface area (Å²) < 4.78 is 19.9. The molecule has 0 radical (unpaired) electrons. The standard InChI is InChI=1S/C6H6N2O4S/c9-6(12-8-13(10)11)5-2-1-3-7-4-5/h1-4,13H,(H,8,10,11). The number of pyridine rings is 1. The van der Waals surface area contributed by atoms with Crippen molar-refractivity contribution in [2.24, 2.45) is 0 Å². The van der Waals surface area contributed by atoms with Gasteiger partial charge in [0.05, 0.1) is 5.56 Å². The van der Waals surface area contributed by atoms with E-state index in [1.54, 1.807) is 0 Å². The van der Waals surface area contributed by atoms with Crippen LogP contribution in [0.3, 0.4) is 0 Å². The Morgan fingerprint density at radius 3 is 2.85 bits per heavy atom. The number of hydrogen-bond donors (Lipinski definition) is 2. The van der Waals surface area contributed by atoms with Gasteiger partial charge in [-0.1, -0.05) is 0 Å². The van der Waals surface area contributed by atoms with Gasteiger partial charge in [-0.15, -0.1) is 0 Å². The van der Waals surface area contributed by atoms with Crippen LogP contribution in [0.4, 0.5) is 0 Å². The summed E-state index contributed by atoms with van der Waals surface area (Å²) in [5.41, 5.74) is 0.173. The molecule has 1 heterocycles. The van der Waals surface area contributed by atoms with Crippen LogP contribution in [0.5, 0.6) is 0 Å². The molecule has 0 aliphatic heterocycles. The normalized spacial score (nSPS) is 9.92. The van der Waals surface area contributed by atoms with Crippen molar-refractivity contribution >= 4 is 16.9 Å². The third-order valence-corrected chi connectivity index (χ3v) is 1.35. The molecule has 1 N–H and O–H groups in total. The topological polar surface area (TPSA) is 85.4 Å². The summed E-state index contributed by atoms with van der Waals surface area (Å²) in [6.07, 6.45) is 2.75. The highest BCUT2D eigenvalue weighted by atomic mass is 32.2. The molecule has 0 spiro atoms. The van der Waals surface area contributed by atoms with E-state index < -0.39 is 16.9 Å². The zero-order valence-electron chi connectivity index (χ0n) is 6.34. The molecule has 0 bridgehead atoms. The zero-order chi connectivity index (χ0) is 9.68. The monoisotopic (exact) mass is 202 g/mol. The minimum absolute atomic E-state index is 0.173. The van der Waals surface area contributed by atoms with Crippen LogP contribution >= 0.6 is 0 Å². The van der Waals surface area contributed by atoms with E-state index in [-0.39, 0.29) is 5.56 Å². The molecule has 0 saturated carbocycles. The van der Waals surface area contributed by atoms with E-state index in [0.717, 1.165) is 0 Å². The van der Waals surface area contributed by atoms with E-state index >= 15 is 0 Å². The van der Waals surface area contributed by atoms with Crippen molar-refractivity contribution in [1.29, 1.82) is 0 Å². The van der Waals surface area contributed by atoms with Gasteiger partial charge >= 0.3 is 5.97 Å². The van der Waals surface area contributed by atoms with Crippen molar-refractivity contribution in [1.82, 2.24) is 9.87 Å². The van der Waals surface area contributed by atoms with Gasteiger partial charge in [0, 0.05) is 12.4 Å². The fourth-order valence-electron chi connectivity index (χ4n) is 0.621. The van der Waals surface area contributed by atoms with Crippen LogP contribution in [0.25, 0.3) is 0 Å². The molecule has 7 heteroatoms. The highest BCUT2D eigenvalue weighted by Gasteiger charge is 2.06. The van der Waals surface area contributed by atoms with Gasteiger partial charge < -0.3 is 4.84 Å². The van der Waals surface area contributed by atoms with Crippen molar-refractivity contribution in [3.8, 4) is 0 Å². The Morgan fingerprint density at radius 2 is 2.31 bits per heavy atom. The predicted octanol–water partition coefficient (Wildman–Crippen LogP) is -0.731. The Bertz CT molecular complexity index is 354. The summed E-state index contributed by atoms with van der Waals surface area (Å²) in [6.45, 7) is 0. The van der Waals surface area contributed by atoms with Gasteiger partial charge in [-0.25, -0.2) is 13.2 Å². The molecule has 0 saturated heterocycles. The van der Waals surface area contributed by atoms with Gasteiger partial charge in [-0.2, -0.15) is 0 Å². The van der Waals surface area contributed by atoms with E-state index in [2.05, 4.69) is 9.82 Å². The Kier molecular flexibility index (Phi) is 3.35. The number of nitrogens with zero attached hydrogens (tertiary/aromatic N) is 1. The molecule has 1 rings (SSSR count). The molecule has 0 aromatic carbocycles. The van der Waals surface area contributed by atoms with Crippen molar-refractivity contribution in [2.75, 3.05) is 0 Å². The van der Waals surface area contributed by atoms with Gasteiger partial charge in [-0.3, -0.25) is 4.98 Å². The molecule has 0 aliphatic carbocycles. The smallest absolute Gasteiger partial charge is 0.352 e. The number of carbonyl (C=O) groups is 1. The first-order valence-corrected chi connectivity index (χ1v) is 4.39. The first-order valence-electron chi connectivity index (χ1n) is 3.21. The SMILES string of the molecule is O=C(ON[SH](=O)=O)c1cccnc1. The highest BCUT2D eigenvalue weighted by molar-refractivity contribution is 7.70. The Morgan fingerprint density at radius 1 is 1.54 bits per heavy atom. The molecule has 0 fully saturated rings. The van der Waals surface area contributed by atoms with Gasteiger partial charge in [-0.05, 0) is 17.0 Å².